The molecule has 4 rings (SSSR count). The van der Waals surface area contributed by atoms with Gasteiger partial charge >= 0.3 is 5.69 Å². The minimum atomic E-state index is -0.572. The highest BCUT2D eigenvalue weighted by molar-refractivity contribution is 7.18. The van der Waals surface area contributed by atoms with Gasteiger partial charge in [0.05, 0.1) is 18.2 Å². The minimum Gasteiger partial charge on any atom is -0.497 e. The monoisotopic (exact) mass is 477 g/mol. The Morgan fingerprint density at radius 2 is 1.79 bits per heavy atom. The van der Waals surface area contributed by atoms with Crippen LogP contribution in [-0.2, 0) is 11.3 Å². The predicted octanol–water partition coefficient (Wildman–Crippen LogP) is 4.60. The maximum atomic E-state index is 13.5. The van der Waals surface area contributed by atoms with Gasteiger partial charge in [0.25, 0.3) is 5.56 Å². The number of aryl methyl sites for hydroxylation is 2. The van der Waals surface area contributed by atoms with Crippen molar-refractivity contribution in [2.45, 2.75) is 40.2 Å². The largest absolute Gasteiger partial charge is 0.497 e. The molecule has 1 amide bonds. The van der Waals surface area contributed by atoms with Crippen LogP contribution in [0.2, 0.25) is 0 Å². The lowest BCUT2D eigenvalue weighted by molar-refractivity contribution is -0.116. The lowest BCUT2D eigenvalue weighted by atomic mass is 10.0. The Hall–Kier alpha value is -3.65. The van der Waals surface area contributed by atoms with Gasteiger partial charge in [-0.1, -0.05) is 32.0 Å². The third-order valence-electron chi connectivity index (χ3n) is 5.93. The van der Waals surface area contributed by atoms with Crippen LogP contribution >= 0.6 is 11.3 Å². The Morgan fingerprint density at radius 1 is 1.09 bits per heavy atom. The molecule has 2 heterocycles. The van der Waals surface area contributed by atoms with Gasteiger partial charge in [0.15, 0.2) is 0 Å². The summed E-state index contributed by atoms with van der Waals surface area (Å²) in [4.78, 5) is 41.3. The molecule has 0 aliphatic carbocycles. The molecule has 0 unspecified atom stereocenters. The summed E-state index contributed by atoms with van der Waals surface area (Å²) in [7, 11) is 1.52. The van der Waals surface area contributed by atoms with Crippen molar-refractivity contribution in [1.82, 2.24) is 9.13 Å². The fraction of sp³-hybridized carbons (Fsp3) is 0.269. The highest BCUT2D eigenvalue weighted by Crippen LogP contribution is 2.27. The molecule has 7 nitrogen and oxygen atoms in total. The van der Waals surface area contributed by atoms with Crippen molar-refractivity contribution in [3.8, 4) is 11.4 Å². The van der Waals surface area contributed by atoms with E-state index in [0.717, 1.165) is 15.0 Å². The van der Waals surface area contributed by atoms with Gasteiger partial charge in [-0.2, -0.15) is 0 Å². The zero-order chi connectivity index (χ0) is 24.6. The van der Waals surface area contributed by atoms with Gasteiger partial charge in [0.1, 0.15) is 17.1 Å². The Morgan fingerprint density at radius 3 is 2.44 bits per heavy atom. The normalized spacial score (nSPS) is 11.2. The molecule has 4 aromatic rings. The molecule has 0 atom stereocenters. The Labute approximate surface area is 201 Å². The average Bonchev–Trinajstić information content (AvgIpc) is 3.11. The third-order valence-corrected chi connectivity index (χ3v) is 7.16. The average molecular weight is 478 g/mol. The second kappa shape index (κ2) is 9.30. The summed E-state index contributed by atoms with van der Waals surface area (Å²) in [6.45, 7) is 7.75. The highest BCUT2D eigenvalue weighted by Gasteiger charge is 2.21. The predicted molar refractivity (Wildman–Crippen MR) is 137 cm³/mol. The minimum absolute atomic E-state index is 0.217. The zero-order valence-electron chi connectivity index (χ0n) is 19.8. The second-order valence-electron chi connectivity index (χ2n) is 8.50. The topological polar surface area (TPSA) is 82.3 Å². The van der Waals surface area contributed by atoms with Crippen molar-refractivity contribution in [2.75, 3.05) is 12.4 Å². The zero-order valence-corrected chi connectivity index (χ0v) is 20.7. The smallest absolute Gasteiger partial charge is 0.337 e. The number of anilines is 1. The molecule has 34 heavy (non-hydrogen) atoms. The van der Waals surface area contributed by atoms with Crippen molar-refractivity contribution in [2.24, 2.45) is 0 Å². The maximum absolute atomic E-state index is 13.5. The summed E-state index contributed by atoms with van der Waals surface area (Å²) in [6, 6.07) is 14.4. The summed E-state index contributed by atoms with van der Waals surface area (Å²) in [5.74, 6) is 0.566. The summed E-state index contributed by atoms with van der Waals surface area (Å²) < 4.78 is 7.75. The van der Waals surface area contributed by atoms with Crippen LogP contribution in [0.3, 0.4) is 0 Å². The van der Waals surface area contributed by atoms with Crippen LogP contribution in [0.1, 0.15) is 35.8 Å². The number of thiophene rings is 1. The van der Waals surface area contributed by atoms with Gasteiger partial charge < -0.3 is 10.1 Å². The molecule has 2 aromatic carbocycles. The molecular formula is C26H27N3O4S. The van der Waals surface area contributed by atoms with Crippen molar-refractivity contribution in [3.63, 3.8) is 0 Å². The Bertz CT molecular complexity index is 1490. The van der Waals surface area contributed by atoms with E-state index in [9.17, 15) is 14.4 Å². The number of hydrogen-bond acceptors (Lipinski definition) is 5. The molecule has 176 valence electrons. The summed E-state index contributed by atoms with van der Waals surface area (Å²) >= 11 is 1.34. The fourth-order valence-corrected chi connectivity index (χ4v) is 5.01. The molecule has 0 saturated heterocycles. The van der Waals surface area contributed by atoms with Crippen molar-refractivity contribution >= 4 is 33.1 Å². The first-order chi connectivity index (χ1) is 16.2. The molecule has 2 aromatic heterocycles. The number of methoxy groups -OCH3 is 1. The van der Waals surface area contributed by atoms with Gasteiger partial charge in [-0.05, 0) is 55.2 Å². The van der Waals surface area contributed by atoms with Crippen LogP contribution in [0.4, 0.5) is 5.69 Å². The van der Waals surface area contributed by atoms with E-state index in [2.05, 4.69) is 19.2 Å². The SMILES string of the molecule is COc1cccc(-n2c(=O)c3c(C)c(C)sc3n(CC(=O)Nc3ccc(C(C)C)cc3)c2=O)c1. The molecule has 0 aliphatic rings. The summed E-state index contributed by atoms with van der Waals surface area (Å²) in [5, 5.41) is 3.30. The molecule has 0 saturated carbocycles. The lowest BCUT2D eigenvalue weighted by Gasteiger charge is -2.13. The summed E-state index contributed by atoms with van der Waals surface area (Å²) in [6.07, 6.45) is 0. The Balaban J connectivity index is 1.80. The van der Waals surface area contributed by atoms with Crippen LogP contribution in [-0.4, -0.2) is 22.2 Å². The van der Waals surface area contributed by atoms with Crippen LogP contribution in [0.5, 0.6) is 5.75 Å². The van der Waals surface area contributed by atoms with Crippen LogP contribution in [0.15, 0.2) is 58.1 Å². The Kier molecular flexibility index (Phi) is 6.43. The number of nitrogens with zero attached hydrogens (tertiary/aromatic N) is 2. The molecule has 8 heteroatoms. The first-order valence-electron chi connectivity index (χ1n) is 11.0. The van der Waals surface area contributed by atoms with E-state index in [-0.39, 0.29) is 12.5 Å². The fourth-order valence-electron chi connectivity index (χ4n) is 3.87. The van der Waals surface area contributed by atoms with E-state index < -0.39 is 11.2 Å². The van der Waals surface area contributed by atoms with E-state index >= 15 is 0 Å². The number of ether oxygens (including phenoxy) is 1. The molecule has 0 aliphatic heterocycles. The first-order valence-corrected chi connectivity index (χ1v) is 11.8. The summed E-state index contributed by atoms with van der Waals surface area (Å²) in [5.41, 5.74) is 2.04. The third kappa shape index (κ3) is 4.28. The number of rotatable bonds is 6. The molecular weight excluding hydrogens is 450 g/mol. The van der Waals surface area contributed by atoms with Gasteiger partial charge in [-0.3, -0.25) is 14.2 Å². The number of amides is 1. The van der Waals surface area contributed by atoms with E-state index in [1.54, 1.807) is 24.3 Å². The van der Waals surface area contributed by atoms with Crippen molar-refractivity contribution < 1.29 is 9.53 Å². The number of carbonyl (C=O) groups is 1. The second-order valence-corrected chi connectivity index (χ2v) is 9.70. The van der Waals surface area contributed by atoms with Gasteiger partial charge in [-0.15, -0.1) is 11.3 Å². The lowest BCUT2D eigenvalue weighted by Crippen LogP contribution is -2.40. The number of carbonyl (C=O) groups excluding carboxylic acids is 1. The van der Waals surface area contributed by atoms with Crippen LogP contribution in [0.25, 0.3) is 15.9 Å². The van der Waals surface area contributed by atoms with E-state index in [1.165, 1.54) is 28.6 Å². The highest BCUT2D eigenvalue weighted by atomic mass is 32.1. The van der Waals surface area contributed by atoms with Crippen LogP contribution in [0, 0.1) is 13.8 Å². The van der Waals surface area contributed by atoms with E-state index in [1.807, 2.05) is 38.1 Å². The maximum Gasteiger partial charge on any atom is 0.337 e. The van der Waals surface area contributed by atoms with Crippen LogP contribution < -0.4 is 21.3 Å². The van der Waals surface area contributed by atoms with Gasteiger partial charge in [0.2, 0.25) is 5.91 Å². The number of hydrogen-bond donors (Lipinski definition) is 1. The van der Waals surface area contributed by atoms with Gasteiger partial charge in [-0.25, -0.2) is 9.36 Å². The van der Waals surface area contributed by atoms with E-state index in [4.69, 9.17) is 4.74 Å². The van der Waals surface area contributed by atoms with Gasteiger partial charge in [0, 0.05) is 16.6 Å². The number of aromatic nitrogens is 2. The molecule has 0 fully saturated rings. The van der Waals surface area contributed by atoms with Crippen molar-refractivity contribution in [1.29, 1.82) is 0 Å². The molecule has 0 bridgehead atoms. The molecule has 1 N–H and O–H groups in total. The number of fused-ring (bicyclic) bond motifs is 1. The van der Waals surface area contributed by atoms with E-state index in [0.29, 0.717) is 33.3 Å². The molecule has 0 radical (unpaired) electrons. The first kappa shape index (κ1) is 23.5. The standard InChI is InChI=1S/C26H27N3O4S/c1-15(2)18-9-11-19(12-10-18)27-22(30)14-28-25-23(16(3)17(4)34-25)24(31)29(26(28)32)20-7-6-8-21(13-20)33-5/h6-13,15H,14H2,1-5H3,(H,27,30). The number of benzene rings is 2. The molecule has 0 spiro atoms. The number of nitrogens with one attached hydrogen (secondary N) is 1. The quantitative estimate of drug-likeness (QED) is 0.440. The van der Waals surface area contributed by atoms with Crippen molar-refractivity contribution in [3.05, 3.63) is 85.4 Å².